The van der Waals surface area contributed by atoms with Crippen molar-refractivity contribution in [1.29, 1.82) is 0 Å². The molecular weight excluding hydrogens is 316 g/mol. The van der Waals surface area contributed by atoms with Gasteiger partial charge in [0.05, 0.1) is 12.2 Å². The van der Waals surface area contributed by atoms with Crippen LogP contribution in [0.5, 0.6) is 0 Å². The molecule has 3 rings (SSSR count). The molecule has 0 aliphatic carbocycles. The summed E-state index contributed by atoms with van der Waals surface area (Å²) >= 11 is 0. The maximum Gasteiger partial charge on any atom is 0.234 e. The van der Waals surface area contributed by atoms with Gasteiger partial charge in [0.2, 0.25) is 5.91 Å². The number of rotatable bonds is 6. The predicted molar refractivity (Wildman–Crippen MR) is 96.0 cm³/mol. The molecule has 0 spiro atoms. The van der Waals surface area contributed by atoms with Crippen LogP contribution >= 0.6 is 0 Å². The van der Waals surface area contributed by atoms with E-state index in [0.717, 1.165) is 49.7 Å². The average Bonchev–Trinajstić information content (AvgIpc) is 3.01. The van der Waals surface area contributed by atoms with Gasteiger partial charge in [-0.15, -0.1) is 0 Å². The van der Waals surface area contributed by atoms with Crippen LogP contribution in [0.4, 0.5) is 0 Å². The van der Waals surface area contributed by atoms with Crippen LogP contribution < -0.4 is 5.32 Å². The second-order valence-electron chi connectivity index (χ2n) is 6.74. The van der Waals surface area contributed by atoms with Crippen LogP contribution in [0.1, 0.15) is 22.6 Å². The standard InChI is InChI=1S/C19H26N4O2/c1-15-3-5-17(6-4-15)12-20-19(24)14-23-9-7-22(8-10-23)13-18-11-16(2)25-21-18/h3-6,11H,7-10,12-14H2,1-2H3,(H,20,24). The molecule has 134 valence electrons. The van der Waals surface area contributed by atoms with E-state index < -0.39 is 0 Å². The van der Waals surface area contributed by atoms with Gasteiger partial charge < -0.3 is 9.84 Å². The van der Waals surface area contributed by atoms with E-state index in [0.29, 0.717) is 13.1 Å². The van der Waals surface area contributed by atoms with Crippen LogP contribution in [0.2, 0.25) is 0 Å². The number of aryl methyl sites for hydroxylation is 2. The average molecular weight is 342 g/mol. The van der Waals surface area contributed by atoms with Crippen LogP contribution in [-0.4, -0.2) is 53.6 Å². The summed E-state index contributed by atoms with van der Waals surface area (Å²) in [6, 6.07) is 10.2. The van der Waals surface area contributed by atoms with Crippen molar-refractivity contribution in [2.24, 2.45) is 0 Å². The number of nitrogens with zero attached hydrogens (tertiary/aromatic N) is 3. The lowest BCUT2D eigenvalue weighted by molar-refractivity contribution is -0.122. The molecule has 1 amide bonds. The van der Waals surface area contributed by atoms with Gasteiger partial charge in [-0.05, 0) is 19.4 Å². The second-order valence-corrected chi connectivity index (χ2v) is 6.74. The monoisotopic (exact) mass is 342 g/mol. The highest BCUT2D eigenvalue weighted by molar-refractivity contribution is 5.78. The van der Waals surface area contributed by atoms with Gasteiger partial charge in [-0.3, -0.25) is 14.6 Å². The summed E-state index contributed by atoms with van der Waals surface area (Å²) in [5.41, 5.74) is 3.34. The van der Waals surface area contributed by atoms with Crippen LogP contribution in [0.15, 0.2) is 34.9 Å². The molecule has 0 bridgehead atoms. The molecule has 1 saturated heterocycles. The third-order valence-corrected chi connectivity index (χ3v) is 4.50. The lowest BCUT2D eigenvalue weighted by Crippen LogP contribution is -2.49. The summed E-state index contributed by atoms with van der Waals surface area (Å²) in [5.74, 6) is 0.931. The van der Waals surface area contributed by atoms with Crippen molar-refractivity contribution < 1.29 is 9.32 Å². The molecular formula is C19H26N4O2. The Labute approximate surface area is 148 Å². The molecule has 0 radical (unpaired) electrons. The van der Waals surface area contributed by atoms with E-state index in [2.05, 4.69) is 51.5 Å². The maximum atomic E-state index is 12.1. The fourth-order valence-corrected chi connectivity index (χ4v) is 2.99. The van der Waals surface area contributed by atoms with Gasteiger partial charge in [-0.25, -0.2) is 0 Å². The van der Waals surface area contributed by atoms with Crippen LogP contribution in [0.3, 0.4) is 0 Å². The summed E-state index contributed by atoms with van der Waals surface area (Å²) in [6.07, 6.45) is 0. The number of aromatic nitrogens is 1. The van der Waals surface area contributed by atoms with Crippen molar-refractivity contribution in [3.8, 4) is 0 Å². The van der Waals surface area contributed by atoms with E-state index in [9.17, 15) is 4.79 Å². The Balaban J connectivity index is 1.36. The largest absolute Gasteiger partial charge is 0.361 e. The van der Waals surface area contributed by atoms with Gasteiger partial charge in [0.15, 0.2) is 0 Å². The summed E-state index contributed by atoms with van der Waals surface area (Å²) in [6.45, 7) is 9.51. The van der Waals surface area contributed by atoms with Crippen molar-refractivity contribution >= 4 is 5.91 Å². The number of carbonyl (C=O) groups excluding carboxylic acids is 1. The van der Waals surface area contributed by atoms with Crippen molar-refractivity contribution in [2.45, 2.75) is 26.9 Å². The highest BCUT2D eigenvalue weighted by Gasteiger charge is 2.19. The van der Waals surface area contributed by atoms with E-state index in [-0.39, 0.29) is 5.91 Å². The molecule has 1 N–H and O–H groups in total. The first-order chi connectivity index (χ1) is 12.1. The molecule has 1 aromatic carbocycles. The molecule has 0 unspecified atom stereocenters. The summed E-state index contributed by atoms with van der Waals surface area (Å²) in [5, 5.41) is 7.04. The Morgan fingerprint density at radius 3 is 2.44 bits per heavy atom. The summed E-state index contributed by atoms with van der Waals surface area (Å²) in [4.78, 5) is 16.7. The van der Waals surface area contributed by atoms with Gasteiger partial charge in [0.1, 0.15) is 5.76 Å². The van der Waals surface area contributed by atoms with Gasteiger partial charge in [0, 0.05) is 45.3 Å². The van der Waals surface area contributed by atoms with E-state index in [1.807, 2.05) is 13.0 Å². The highest BCUT2D eigenvalue weighted by atomic mass is 16.5. The lowest BCUT2D eigenvalue weighted by Gasteiger charge is -2.33. The minimum absolute atomic E-state index is 0.0844. The van der Waals surface area contributed by atoms with Crippen LogP contribution in [-0.2, 0) is 17.9 Å². The Morgan fingerprint density at radius 2 is 1.80 bits per heavy atom. The molecule has 1 aromatic heterocycles. The number of hydrogen-bond donors (Lipinski definition) is 1. The number of hydrogen-bond acceptors (Lipinski definition) is 5. The zero-order chi connectivity index (χ0) is 17.6. The second kappa shape index (κ2) is 8.27. The third-order valence-electron chi connectivity index (χ3n) is 4.50. The molecule has 25 heavy (non-hydrogen) atoms. The first-order valence-electron chi connectivity index (χ1n) is 8.77. The van der Waals surface area contributed by atoms with Crippen LogP contribution in [0, 0.1) is 13.8 Å². The maximum absolute atomic E-state index is 12.1. The van der Waals surface area contributed by atoms with Crippen molar-refractivity contribution in [1.82, 2.24) is 20.3 Å². The molecule has 2 heterocycles. The zero-order valence-electron chi connectivity index (χ0n) is 15.0. The lowest BCUT2D eigenvalue weighted by atomic mass is 10.1. The number of nitrogens with one attached hydrogen (secondary N) is 1. The van der Waals surface area contributed by atoms with Crippen molar-refractivity contribution in [2.75, 3.05) is 32.7 Å². The Bertz CT molecular complexity index is 688. The smallest absolute Gasteiger partial charge is 0.234 e. The SMILES string of the molecule is Cc1ccc(CNC(=O)CN2CCN(Cc3cc(C)on3)CC2)cc1. The third kappa shape index (κ3) is 5.41. The molecule has 6 nitrogen and oxygen atoms in total. The van der Waals surface area contributed by atoms with Gasteiger partial charge in [-0.1, -0.05) is 35.0 Å². The minimum atomic E-state index is 0.0844. The first kappa shape index (κ1) is 17.6. The van der Waals surface area contributed by atoms with Gasteiger partial charge >= 0.3 is 0 Å². The number of piperazine rings is 1. The van der Waals surface area contributed by atoms with E-state index in [4.69, 9.17) is 4.52 Å². The molecule has 6 heteroatoms. The van der Waals surface area contributed by atoms with Gasteiger partial charge in [0.25, 0.3) is 0 Å². The summed E-state index contributed by atoms with van der Waals surface area (Å²) in [7, 11) is 0. The Kier molecular flexibility index (Phi) is 5.83. The van der Waals surface area contributed by atoms with Crippen molar-refractivity contribution in [3.05, 3.63) is 52.9 Å². The molecule has 1 aliphatic rings. The number of amides is 1. The number of benzene rings is 1. The van der Waals surface area contributed by atoms with E-state index >= 15 is 0 Å². The first-order valence-corrected chi connectivity index (χ1v) is 8.77. The Morgan fingerprint density at radius 1 is 1.12 bits per heavy atom. The van der Waals surface area contributed by atoms with E-state index in [1.165, 1.54) is 5.56 Å². The molecule has 1 aliphatic heterocycles. The quantitative estimate of drug-likeness (QED) is 0.866. The topological polar surface area (TPSA) is 61.6 Å². The Hall–Kier alpha value is -2.18. The molecule has 0 saturated carbocycles. The fourth-order valence-electron chi connectivity index (χ4n) is 2.99. The van der Waals surface area contributed by atoms with Gasteiger partial charge in [-0.2, -0.15) is 0 Å². The van der Waals surface area contributed by atoms with Crippen LogP contribution in [0.25, 0.3) is 0 Å². The molecule has 0 atom stereocenters. The minimum Gasteiger partial charge on any atom is -0.361 e. The fraction of sp³-hybridized carbons (Fsp3) is 0.474. The molecule has 1 fully saturated rings. The predicted octanol–water partition coefficient (Wildman–Crippen LogP) is 1.73. The molecule has 2 aromatic rings. The number of carbonyl (C=O) groups is 1. The van der Waals surface area contributed by atoms with Crippen molar-refractivity contribution in [3.63, 3.8) is 0 Å². The highest BCUT2D eigenvalue weighted by Crippen LogP contribution is 2.09. The summed E-state index contributed by atoms with van der Waals surface area (Å²) < 4.78 is 5.11. The normalized spacial score (nSPS) is 16.1. The zero-order valence-corrected chi connectivity index (χ0v) is 15.0. The van der Waals surface area contributed by atoms with E-state index in [1.54, 1.807) is 0 Å².